The van der Waals surface area contributed by atoms with E-state index in [1.807, 2.05) is 0 Å². The second-order valence-electron chi connectivity index (χ2n) is 3.52. The molecule has 1 fully saturated rings. The molecule has 56 valence electrons. The Hall–Kier alpha value is -0.820. The normalized spacial score (nSPS) is 32.4. The molecule has 1 aliphatic heterocycles. The highest BCUT2D eigenvalue weighted by molar-refractivity contribution is 5.40. The van der Waals surface area contributed by atoms with E-state index in [1.54, 1.807) is 11.1 Å². The van der Waals surface area contributed by atoms with Gasteiger partial charge < -0.3 is 5.32 Å². The van der Waals surface area contributed by atoms with E-state index in [-0.39, 0.29) is 0 Å². The van der Waals surface area contributed by atoms with Crippen LogP contribution in [0.25, 0.3) is 0 Å². The van der Waals surface area contributed by atoms with Gasteiger partial charge in [0.25, 0.3) is 0 Å². The molecule has 2 atom stereocenters. The molecule has 1 saturated heterocycles. The van der Waals surface area contributed by atoms with Crippen molar-refractivity contribution in [1.29, 1.82) is 0 Å². The minimum Gasteiger partial charge on any atom is -0.309 e. The van der Waals surface area contributed by atoms with Crippen LogP contribution in [0.3, 0.4) is 0 Å². The first-order valence-electron chi connectivity index (χ1n) is 4.27. The van der Waals surface area contributed by atoms with Crippen LogP contribution in [0.5, 0.6) is 0 Å². The van der Waals surface area contributed by atoms with Gasteiger partial charge in [0, 0.05) is 12.6 Å². The minimum absolute atomic E-state index is 0.677. The van der Waals surface area contributed by atoms with E-state index in [0.717, 1.165) is 5.92 Å². The fourth-order valence-corrected chi connectivity index (χ4v) is 2.41. The van der Waals surface area contributed by atoms with E-state index in [9.17, 15) is 0 Å². The van der Waals surface area contributed by atoms with Gasteiger partial charge in [-0.1, -0.05) is 24.3 Å². The molecule has 11 heavy (non-hydrogen) atoms. The maximum atomic E-state index is 3.51. The molecule has 1 aromatic carbocycles. The first kappa shape index (κ1) is 5.78. The van der Waals surface area contributed by atoms with Gasteiger partial charge in [-0.2, -0.15) is 0 Å². The van der Waals surface area contributed by atoms with Crippen molar-refractivity contribution in [3.63, 3.8) is 0 Å². The van der Waals surface area contributed by atoms with E-state index in [2.05, 4.69) is 29.6 Å². The van der Waals surface area contributed by atoms with E-state index in [1.165, 1.54) is 13.0 Å². The Balaban J connectivity index is 2.23. The summed E-state index contributed by atoms with van der Waals surface area (Å²) in [6.07, 6.45) is 1.33. The fourth-order valence-electron chi connectivity index (χ4n) is 2.41. The fraction of sp³-hybridized carbons (Fsp3) is 0.400. The molecule has 1 aromatic rings. The second kappa shape index (κ2) is 1.86. The summed E-state index contributed by atoms with van der Waals surface area (Å²) in [5.74, 6) is 0.816. The monoisotopic (exact) mass is 145 g/mol. The van der Waals surface area contributed by atoms with Gasteiger partial charge in [-0.15, -0.1) is 0 Å². The minimum atomic E-state index is 0.677. The molecule has 0 aromatic heterocycles. The summed E-state index contributed by atoms with van der Waals surface area (Å²) in [5, 5.41) is 3.51. The summed E-state index contributed by atoms with van der Waals surface area (Å²) in [4.78, 5) is 0. The Bertz CT molecular complexity index is 264. The molecule has 1 heterocycles. The largest absolute Gasteiger partial charge is 0.309 e. The lowest BCUT2D eigenvalue weighted by Gasteiger charge is -2.15. The summed E-state index contributed by atoms with van der Waals surface area (Å²) in [6.45, 7) is 1.20. The van der Waals surface area contributed by atoms with Crippen molar-refractivity contribution in [1.82, 2.24) is 5.32 Å². The third kappa shape index (κ3) is 0.641. The molecule has 0 spiro atoms. The molecule has 1 heteroatoms. The number of hydrogen-bond donors (Lipinski definition) is 1. The Morgan fingerprint density at radius 2 is 2.00 bits per heavy atom. The Morgan fingerprint density at radius 1 is 1.18 bits per heavy atom. The zero-order valence-electron chi connectivity index (χ0n) is 6.38. The van der Waals surface area contributed by atoms with Crippen LogP contribution in [-0.4, -0.2) is 6.54 Å². The average molecular weight is 145 g/mol. The van der Waals surface area contributed by atoms with Gasteiger partial charge in [0.05, 0.1) is 0 Å². The van der Waals surface area contributed by atoms with Crippen molar-refractivity contribution in [3.05, 3.63) is 35.4 Å². The molecule has 1 aliphatic carbocycles. The first-order valence-corrected chi connectivity index (χ1v) is 4.27. The summed E-state index contributed by atoms with van der Waals surface area (Å²) >= 11 is 0. The van der Waals surface area contributed by atoms with Gasteiger partial charge in [-0.25, -0.2) is 0 Å². The van der Waals surface area contributed by atoms with Crippen LogP contribution < -0.4 is 5.32 Å². The summed E-state index contributed by atoms with van der Waals surface area (Å²) in [5.41, 5.74) is 3.14. The van der Waals surface area contributed by atoms with Crippen LogP contribution in [0.15, 0.2) is 24.3 Å². The van der Waals surface area contributed by atoms with E-state index in [4.69, 9.17) is 0 Å². The maximum Gasteiger partial charge on any atom is 0.0329 e. The lowest BCUT2D eigenvalue weighted by molar-refractivity contribution is 0.650. The lowest BCUT2D eigenvalue weighted by atomic mass is 10.0. The molecule has 0 unspecified atom stereocenters. The zero-order chi connectivity index (χ0) is 7.26. The standard InChI is InChI=1S/C10H11N/c1-2-4-9-8(3-1)7-5-10(9)11-6-7/h1-4,7,10-11H,5-6H2/t7-,10-/m0/s1. The molecule has 2 aliphatic rings. The van der Waals surface area contributed by atoms with Crippen molar-refractivity contribution in [2.75, 3.05) is 6.54 Å². The predicted octanol–water partition coefficient (Wildman–Crippen LogP) is 1.82. The summed E-state index contributed by atoms with van der Waals surface area (Å²) in [6, 6.07) is 9.50. The van der Waals surface area contributed by atoms with E-state index >= 15 is 0 Å². The molecular weight excluding hydrogens is 134 g/mol. The number of fused-ring (bicyclic) bond motifs is 5. The average Bonchev–Trinajstić information content (AvgIpc) is 2.64. The molecule has 3 rings (SSSR count). The van der Waals surface area contributed by atoms with Crippen molar-refractivity contribution < 1.29 is 0 Å². The third-order valence-electron chi connectivity index (χ3n) is 2.94. The van der Waals surface area contributed by atoms with E-state index in [0.29, 0.717) is 6.04 Å². The van der Waals surface area contributed by atoms with Crippen molar-refractivity contribution in [3.8, 4) is 0 Å². The van der Waals surface area contributed by atoms with Crippen LogP contribution in [0.4, 0.5) is 0 Å². The van der Waals surface area contributed by atoms with Gasteiger partial charge in [-0.3, -0.25) is 0 Å². The smallest absolute Gasteiger partial charge is 0.0329 e. The number of benzene rings is 1. The molecule has 1 nitrogen and oxygen atoms in total. The first-order chi connectivity index (χ1) is 5.45. The highest BCUT2D eigenvalue weighted by Crippen LogP contribution is 2.44. The molecule has 0 radical (unpaired) electrons. The second-order valence-corrected chi connectivity index (χ2v) is 3.52. The molecule has 0 amide bonds. The lowest BCUT2D eigenvalue weighted by Crippen LogP contribution is -2.19. The molecule has 0 saturated carbocycles. The number of nitrogens with one attached hydrogen (secondary N) is 1. The third-order valence-corrected chi connectivity index (χ3v) is 2.94. The highest BCUT2D eigenvalue weighted by atomic mass is 15.0. The number of rotatable bonds is 0. The predicted molar refractivity (Wildman–Crippen MR) is 44.5 cm³/mol. The van der Waals surface area contributed by atoms with Gasteiger partial charge in [0.1, 0.15) is 0 Å². The van der Waals surface area contributed by atoms with Crippen LogP contribution in [0, 0.1) is 0 Å². The van der Waals surface area contributed by atoms with Crippen molar-refractivity contribution >= 4 is 0 Å². The van der Waals surface area contributed by atoms with Gasteiger partial charge in [0.15, 0.2) is 0 Å². The Kier molecular flexibility index (Phi) is 0.977. The summed E-state index contributed by atoms with van der Waals surface area (Å²) < 4.78 is 0. The van der Waals surface area contributed by atoms with Crippen LogP contribution in [0.1, 0.15) is 29.5 Å². The zero-order valence-corrected chi connectivity index (χ0v) is 6.38. The van der Waals surface area contributed by atoms with Crippen molar-refractivity contribution in [2.45, 2.75) is 18.4 Å². The van der Waals surface area contributed by atoms with Crippen LogP contribution >= 0.6 is 0 Å². The van der Waals surface area contributed by atoms with Gasteiger partial charge in [-0.05, 0) is 23.5 Å². The van der Waals surface area contributed by atoms with Crippen LogP contribution in [-0.2, 0) is 0 Å². The summed E-state index contributed by atoms with van der Waals surface area (Å²) in [7, 11) is 0. The SMILES string of the molecule is c1ccc2c(c1)[C@@H]1CN[C@H]2C1. The highest BCUT2D eigenvalue weighted by Gasteiger charge is 2.35. The maximum absolute atomic E-state index is 3.51. The van der Waals surface area contributed by atoms with Gasteiger partial charge >= 0.3 is 0 Å². The Labute approximate surface area is 66.4 Å². The van der Waals surface area contributed by atoms with Gasteiger partial charge in [0.2, 0.25) is 0 Å². The quantitative estimate of drug-likeness (QED) is 0.587. The number of hydrogen-bond acceptors (Lipinski definition) is 1. The molecular formula is C10H11N. The molecule has 2 bridgehead atoms. The van der Waals surface area contributed by atoms with Crippen molar-refractivity contribution in [2.24, 2.45) is 0 Å². The molecule has 1 N–H and O–H groups in total. The van der Waals surface area contributed by atoms with Crippen LogP contribution in [0.2, 0.25) is 0 Å². The Morgan fingerprint density at radius 3 is 2.82 bits per heavy atom. The topological polar surface area (TPSA) is 12.0 Å². The van der Waals surface area contributed by atoms with E-state index < -0.39 is 0 Å².